The zero-order valence-electron chi connectivity index (χ0n) is 18.3. The molecule has 2 unspecified atom stereocenters. The van der Waals surface area contributed by atoms with Crippen LogP contribution in [0.5, 0.6) is 0 Å². The number of benzene rings is 2. The first-order chi connectivity index (χ1) is 15.5. The summed E-state index contributed by atoms with van der Waals surface area (Å²) in [7, 11) is 1.81. The predicted molar refractivity (Wildman–Crippen MR) is 153 cm³/mol. The molecule has 0 aliphatic carbocycles. The van der Waals surface area contributed by atoms with Crippen molar-refractivity contribution >= 4 is 71.0 Å². The third-order valence-electron chi connectivity index (χ3n) is 5.47. The van der Waals surface area contributed by atoms with Crippen molar-refractivity contribution in [1.82, 2.24) is 4.90 Å². The van der Waals surface area contributed by atoms with E-state index < -0.39 is 0 Å². The van der Waals surface area contributed by atoms with E-state index in [2.05, 4.69) is 51.7 Å². The van der Waals surface area contributed by atoms with Crippen molar-refractivity contribution in [3.63, 3.8) is 0 Å². The molecule has 0 aromatic heterocycles. The van der Waals surface area contributed by atoms with E-state index in [0.29, 0.717) is 5.91 Å². The molecule has 1 heterocycles. The summed E-state index contributed by atoms with van der Waals surface area (Å²) >= 11 is 15.8. The number of allylic oxidation sites excluding steroid dienone is 1. The van der Waals surface area contributed by atoms with Gasteiger partial charge in [-0.2, -0.15) is 0 Å². The average molecular weight is 622 g/mol. The van der Waals surface area contributed by atoms with Gasteiger partial charge < -0.3 is 4.90 Å². The quantitative estimate of drug-likeness (QED) is 0.121. The van der Waals surface area contributed by atoms with E-state index in [1.165, 1.54) is 5.56 Å². The number of carbonyl (C=O) groups excluding carboxylic acids is 1. The Morgan fingerprint density at radius 2 is 1.78 bits per heavy atom. The maximum Gasteiger partial charge on any atom is 0.226 e. The van der Waals surface area contributed by atoms with Gasteiger partial charge in [-0.25, -0.2) is 0 Å². The summed E-state index contributed by atoms with van der Waals surface area (Å²) in [4.78, 5) is 15.4. The first-order valence-corrected chi connectivity index (χ1v) is 16.2. The summed E-state index contributed by atoms with van der Waals surface area (Å²) in [5.74, 6) is 1.36. The van der Waals surface area contributed by atoms with Crippen LogP contribution in [0.2, 0.25) is 10.0 Å². The second kappa shape index (κ2) is 15.5. The van der Waals surface area contributed by atoms with Crippen molar-refractivity contribution in [2.24, 2.45) is 5.92 Å². The van der Waals surface area contributed by atoms with Gasteiger partial charge in [0.2, 0.25) is 5.91 Å². The van der Waals surface area contributed by atoms with Crippen LogP contribution in [0.15, 0.2) is 67.3 Å². The lowest BCUT2D eigenvalue weighted by Gasteiger charge is -2.44. The normalized spacial score (nSPS) is 19.1. The zero-order valence-corrected chi connectivity index (χ0v) is 23.6. The van der Waals surface area contributed by atoms with E-state index in [-0.39, 0.29) is 18.0 Å². The molecule has 1 aliphatic rings. The number of hydrogen-bond donors (Lipinski definition) is 0. The van der Waals surface area contributed by atoms with E-state index in [1.54, 1.807) is 0 Å². The number of piperidine rings is 1. The van der Waals surface area contributed by atoms with Crippen LogP contribution in [0.25, 0.3) is 0 Å². The number of carbonyl (C=O) groups is 1. The van der Waals surface area contributed by atoms with Gasteiger partial charge in [0.1, 0.15) is 0 Å². The molecule has 3 rings (SSSR count). The van der Waals surface area contributed by atoms with Crippen LogP contribution in [0.1, 0.15) is 44.2 Å². The van der Waals surface area contributed by atoms with Crippen molar-refractivity contribution in [1.29, 1.82) is 0 Å². The van der Waals surface area contributed by atoms with Gasteiger partial charge in [-0.1, -0.05) is 75.5 Å². The first kappa shape index (κ1) is 27.9. The summed E-state index contributed by atoms with van der Waals surface area (Å²) in [5, 5.41) is 2.59. The van der Waals surface area contributed by atoms with Gasteiger partial charge in [0.25, 0.3) is 0 Å². The molecule has 0 spiro atoms. The van der Waals surface area contributed by atoms with E-state index in [0.717, 1.165) is 46.6 Å². The van der Waals surface area contributed by atoms with E-state index in [1.807, 2.05) is 69.2 Å². The van der Waals surface area contributed by atoms with Gasteiger partial charge in [-0.3, -0.25) is 4.79 Å². The lowest BCUT2D eigenvalue weighted by molar-refractivity contribution is -0.144. The second-order valence-electron chi connectivity index (χ2n) is 7.57. The Hall–Kier alpha value is -0.340. The number of halogens is 3. The molecule has 2 aromatic carbocycles. The smallest absolute Gasteiger partial charge is 0.226 e. The van der Waals surface area contributed by atoms with Gasteiger partial charge in [0.15, 0.2) is 0 Å². The van der Waals surface area contributed by atoms with Crippen LogP contribution in [-0.4, -0.2) is 27.7 Å². The number of hydrogen-bond acceptors (Lipinski definition) is 3. The molecule has 0 saturated carbocycles. The molecular formula is C25H30Cl2INOS2. The van der Waals surface area contributed by atoms with Crippen molar-refractivity contribution in [2.45, 2.75) is 44.7 Å². The molecule has 7 heteroatoms. The molecule has 1 aliphatic heterocycles. The summed E-state index contributed by atoms with van der Waals surface area (Å²) in [5.41, 5.74) is 1.20. The minimum atomic E-state index is 0.0825. The molecule has 1 fully saturated rings. The van der Waals surface area contributed by atoms with Crippen molar-refractivity contribution in [2.75, 3.05) is 10.8 Å². The van der Waals surface area contributed by atoms with Crippen LogP contribution >= 0.6 is 65.1 Å². The fourth-order valence-corrected chi connectivity index (χ4v) is 7.07. The van der Waals surface area contributed by atoms with Crippen molar-refractivity contribution in [3.05, 3.63) is 82.9 Å². The molecular weight excluding hydrogens is 592 g/mol. The van der Waals surface area contributed by atoms with Gasteiger partial charge in [-0.15, -0.1) is 18.3 Å². The highest BCUT2D eigenvalue weighted by Crippen LogP contribution is 2.39. The molecule has 1 saturated heterocycles. The highest BCUT2D eigenvalue weighted by molar-refractivity contribution is 14.2. The van der Waals surface area contributed by atoms with E-state index in [4.69, 9.17) is 23.2 Å². The molecule has 1 amide bonds. The van der Waals surface area contributed by atoms with Gasteiger partial charge in [-0.05, 0) is 76.7 Å². The lowest BCUT2D eigenvalue weighted by atomic mass is 9.85. The Morgan fingerprint density at radius 3 is 2.31 bits per heavy atom. The number of nitrogens with zero attached hydrogens (tertiary/aromatic N) is 1. The zero-order chi connectivity index (χ0) is 23.3. The second-order valence-corrected chi connectivity index (χ2v) is 12.2. The van der Waals surface area contributed by atoms with Gasteiger partial charge in [0.05, 0.1) is 6.04 Å². The fraction of sp³-hybridized carbons (Fsp3) is 0.400. The van der Waals surface area contributed by atoms with Crippen LogP contribution in [-0.2, 0) is 4.79 Å². The third kappa shape index (κ3) is 8.79. The Kier molecular flexibility index (Phi) is 13.6. The highest BCUT2D eigenvalue weighted by Gasteiger charge is 2.38. The van der Waals surface area contributed by atoms with Gasteiger partial charge in [0, 0.05) is 32.8 Å². The minimum absolute atomic E-state index is 0.0825. The molecule has 3 atom stereocenters. The van der Waals surface area contributed by atoms with Gasteiger partial charge >= 0.3 is 0 Å². The Morgan fingerprint density at radius 1 is 1.12 bits per heavy atom. The minimum Gasteiger partial charge on any atom is -0.332 e. The van der Waals surface area contributed by atoms with Crippen molar-refractivity contribution < 1.29 is 4.79 Å². The SMILES string of the molecule is C=CCC1CCC(c2ccc(Cl)cc2)N([C@@H](CC)CSCSI)C1=O.Clc1ccccc1. The van der Waals surface area contributed by atoms with Crippen LogP contribution in [0.4, 0.5) is 0 Å². The summed E-state index contributed by atoms with van der Waals surface area (Å²) in [6, 6.07) is 17.9. The predicted octanol–water partition coefficient (Wildman–Crippen LogP) is 9.09. The Bertz CT molecular complexity index is 822. The fourth-order valence-electron chi connectivity index (χ4n) is 3.88. The molecule has 2 nitrogen and oxygen atoms in total. The molecule has 0 bridgehead atoms. The monoisotopic (exact) mass is 621 g/mol. The number of thioether (sulfide) groups is 1. The van der Waals surface area contributed by atoms with Crippen LogP contribution in [0, 0.1) is 5.92 Å². The van der Waals surface area contributed by atoms with Crippen LogP contribution < -0.4 is 0 Å². The standard InChI is InChI=1S/C19H25ClINOS2.C6H5Cl/c1-3-5-15-8-11-18(14-6-9-16(20)10-7-14)22(19(15)23)17(4-2)12-24-13-25-21;7-6-4-2-1-3-5-6/h3,6-7,9-10,15,17-18H,1,4-5,8,11-13H2,2H3;1-5H/t15?,17-,18?;/m0./s1. The molecule has 2 aromatic rings. The maximum absolute atomic E-state index is 13.2. The molecule has 0 radical (unpaired) electrons. The number of likely N-dealkylation sites (tertiary alicyclic amines) is 1. The maximum atomic E-state index is 13.2. The largest absolute Gasteiger partial charge is 0.332 e. The summed E-state index contributed by atoms with van der Waals surface area (Å²) < 4.78 is 0. The lowest BCUT2D eigenvalue weighted by Crippen LogP contribution is -2.49. The summed E-state index contributed by atoms with van der Waals surface area (Å²) in [6.07, 6.45) is 5.58. The third-order valence-corrected chi connectivity index (χ3v) is 9.91. The Balaban J connectivity index is 0.000000439. The number of amides is 1. The molecule has 0 N–H and O–H groups in total. The number of rotatable bonds is 9. The topological polar surface area (TPSA) is 20.3 Å². The van der Waals surface area contributed by atoms with Crippen LogP contribution in [0.3, 0.4) is 0 Å². The van der Waals surface area contributed by atoms with E-state index in [9.17, 15) is 4.79 Å². The first-order valence-electron chi connectivity index (χ1n) is 10.7. The summed E-state index contributed by atoms with van der Waals surface area (Å²) in [6.45, 7) is 6.02. The van der Waals surface area contributed by atoms with Crippen molar-refractivity contribution in [3.8, 4) is 0 Å². The van der Waals surface area contributed by atoms with E-state index >= 15 is 0 Å². The Labute approximate surface area is 223 Å². The highest BCUT2D eigenvalue weighted by atomic mass is 127. The molecule has 32 heavy (non-hydrogen) atoms. The average Bonchev–Trinajstić information content (AvgIpc) is 2.80. The molecule has 174 valence electrons.